The number of amides is 2. The number of hydrogen-bond donors (Lipinski definition) is 1. The van der Waals surface area contributed by atoms with Crippen LogP contribution in [0.1, 0.15) is 50.2 Å². The molecule has 0 aliphatic carbocycles. The second-order valence-electron chi connectivity index (χ2n) is 6.93. The molecule has 1 aromatic carbocycles. The maximum atomic E-state index is 12.3. The van der Waals surface area contributed by atoms with E-state index in [1.165, 1.54) is 12.5 Å². The van der Waals surface area contributed by atoms with Crippen molar-refractivity contribution in [2.45, 2.75) is 58.9 Å². The summed E-state index contributed by atoms with van der Waals surface area (Å²) in [6, 6.07) is 6.42. The van der Waals surface area contributed by atoms with E-state index in [0.29, 0.717) is 13.0 Å². The number of benzene rings is 1. The van der Waals surface area contributed by atoms with E-state index in [0.717, 1.165) is 50.1 Å². The fraction of sp³-hybridized carbons (Fsp3) is 0.600. The molecule has 1 saturated heterocycles. The molecule has 25 heavy (non-hydrogen) atoms. The van der Waals surface area contributed by atoms with Gasteiger partial charge in [-0.15, -0.1) is 0 Å². The number of hydrogen-bond acceptors (Lipinski definition) is 3. The molecular formula is C20H30N2O3. The van der Waals surface area contributed by atoms with Gasteiger partial charge < -0.3 is 15.0 Å². The number of carbonyl (C=O) groups excluding carboxylic acids is 2. The van der Waals surface area contributed by atoms with Gasteiger partial charge in [-0.2, -0.15) is 0 Å². The molecule has 0 aromatic heterocycles. The van der Waals surface area contributed by atoms with Crippen molar-refractivity contribution in [2.24, 2.45) is 0 Å². The predicted octanol–water partition coefficient (Wildman–Crippen LogP) is 2.98. The van der Waals surface area contributed by atoms with Crippen molar-refractivity contribution >= 4 is 11.8 Å². The number of nitrogens with zero attached hydrogens (tertiary/aromatic N) is 1. The minimum Gasteiger partial charge on any atom is -0.493 e. The molecule has 0 bridgehead atoms. The topological polar surface area (TPSA) is 58.6 Å². The van der Waals surface area contributed by atoms with Crippen LogP contribution in [-0.4, -0.2) is 42.5 Å². The van der Waals surface area contributed by atoms with Gasteiger partial charge in [0.05, 0.1) is 6.61 Å². The maximum absolute atomic E-state index is 12.3. The SMILES string of the molecule is CC(=O)NC1CCN(C(=O)CCCCOc2cc(C)ccc2C)CC1. The Morgan fingerprint density at radius 3 is 2.60 bits per heavy atom. The minimum absolute atomic E-state index is 0.00798. The van der Waals surface area contributed by atoms with Crippen molar-refractivity contribution in [3.05, 3.63) is 29.3 Å². The van der Waals surface area contributed by atoms with E-state index in [1.807, 2.05) is 11.8 Å². The molecule has 0 radical (unpaired) electrons. The zero-order valence-corrected chi connectivity index (χ0v) is 15.6. The van der Waals surface area contributed by atoms with E-state index in [4.69, 9.17) is 4.74 Å². The summed E-state index contributed by atoms with van der Waals surface area (Å²) in [4.78, 5) is 25.2. The summed E-state index contributed by atoms with van der Waals surface area (Å²) in [6.07, 6.45) is 3.99. The highest BCUT2D eigenvalue weighted by Gasteiger charge is 2.22. The molecule has 138 valence electrons. The highest BCUT2D eigenvalue weighted by atomic mass is 16.5. The Kier molecular flexibility index (Phi) is 7.29. The van der Waals surface area contributed by atoms with Crippen LogP contribution in [0.25, 0.3) is 0 Å². The summed E-state index contributed by atoms with van der Waals surface area (Å²) < 4.78 is 5.83. The first-order chi connectivity index (χ1) is 12.0. The number of aryl methyl sites for hydroxylation is 2. The highest BCUT2D eigenvalue weighted by molar-refractivity contribution is 5.76. The summed E-state index contributed by atoms with van der Waals surface area (Å²) in [5.74, 6) is 1.16. The summed E-state index contributed by atoms with van der Waals surface area (Å²) in [5.41, 5.74) is 2.34. The molecule has 1 heterocycles. The molecule has 1 aliphatic heterocycles. The van der Waals surface area contributed by atoms with Crippen molar-refractivity contribution in [1.29, 1.82) is 0 Å². The van der Waals surface area contributed by atoms with E-state index < -0.39 is 0 Å². The van der Waals surface area contributed by atoms with Crippen LogP contribution in [0.4, 0.5) is 0 Å². The van der Waals surface area contributed by atoms with Crippen LogP contribution in [0, 0.1) is 13.8 Å². The van der Waals surface area contributed by atoms with Gasteiger partial charge in [-0.1, -0.05) is 12.1 Å². The lowest BCUT2D eigenvalue weighted by Crippen LogP contribution is -2.46. The van der Waals surface area contributed by atoms with Gasteiger partial charge in [-0.3, -0.25) is 9.59 Å². The van der Waals surface area contributed by atoms with Crippen molar-refractivity contribution in [3.63, 3.8) is 0 Å². The largest absolute Gasteiger partial charge is 0.493 e. The second-order valence-corrected chi connectivity index (χ2v) is 6.93. The third-order valence-corrected chi connectivity index (χ3v) is 4.64. The van der Waals surface area contributed by atoms with Gasteiger partial charge in [0.2, 0.25) is 11.8 Å². The molecule has 5 heteroatoms. The molecule has 1 N–H and O–H groups in total. The van der Waals surface area contributed by atoms with Crippen LogP contribution in [0.15, 0.2) is 18.2 Å². The van der Waals surface area contributed by atoms with E-state index >= 15 is 0 Å². The predicted molar refractivity (Wildman–Crippen MR) is 98.7 cm³/mol. The van der Waals surface area contributed by atoms with Crippen molar-refractivity contribution in [2.75, 3.05) is 19.7 Å². The average Bonchev–Trinajstić information content (AvgIpc) is 2.57. The zero-order valence-electron chi connectivity index (χ0n) is 15.6. The van der Waals surface area contributed by atoms with E-state index in [-0.39, 0.29) is 17.9 Å². The van der Waals surface area contributed by atoms with Crippen molar-refractivity contribution in [3.8, 4) is 5.75 Å². The average molecular weight is 346 g/mol. The monoisotopic (exact) mass is 346 g/mol. The number of carbonyl (C=O) groups is 2. The Morgan fingerprint density at radius 1 is 1.20 bits per heavy atom. The molecule has 2 amide bonds. The third kappa shape index (κ3) is 6.40. The van der Waals surface area contributed by atoms with Gasteiger partial charge >= 0.3 is 0 Å². The van der Waals surface area contributed by atoms with Crippen LogP contribution in [0.3, 0.4) is 0 Å². The lowest BCUT2D eigenvalue weighted by molar-refractivity contribution is -0.132. The van der Waals surface area contributed by atoms with Gasteiger partial charge in [0, 0.05) is 32.5 Å². The first kappa shape index (κ1) is 19.3. The Hall–Kier alpha value is -2.04. The summed E-state index contributed by atoms with van der Waals surface area (Å²) in [6.45, 7) is 7.76. The van der Waals surface area contributed by atoms with Crippen LogP contribution < -0.4 is 10.1 Å². The Balaban J connectivity index is 1.61. The molecule has 0 atom stereocenters. The Labute approximate surface area is 150 Å². The molecule has 0 saturated carbocycles. The zero-order chi connectivity index (χ0) is 18.2. The van der Waals surface area contributed by atoms with Crippen LogP contribution in [0.2, 0.25) is 0 Å². The number of nitrogens with one attached hydrogen (secondary N) is 1. The minimum atomic E-state index is 0.00798. The molecule has 0 unspecified atom stereocenters. The van der Waals surface area contributed by atoms with E-state index in [9.17, 15) is 9.59 Å². The van der Waals surface area contributed by atoms with Crippen LogP contribution in [-0.2, 0) is 9.59 Å². The second kappa shape index (κ2) is 9.44. The lowest BCUT2D eigenvalue weighted by Gasteiger charge is -2.32. The highest BCUT2D eigenvalue weighted by Crippen LogP contribution is 2.19. The molecule has 2 rings (SSSR count). The van der Waals surface area contributed by atoms with E-state index in [2.05, 4.69) is 30.4 Å². The van der Waals surface area contributed by atoms with Gasteiger partial charge in [-0.25, -0.2) is 0 Å². The normalized spacial score (nSPS) is 15.1. The number of unbranched alkanes of at least 4 members (excludes halogenated alkanes) is 1. The lowest BCUT2D eigenvalue weighted by atomic mass is 10.0. The molecule has 1 aliphatic rings. The standard InChI is InChI=1S/C20H30N2O3/c1-15-7-8-16(2)19(14-15)25-13-5-4-6-20(24)22-11-9-18(10-12-22)21-17(3)23/h7-8,14,18H,4-6,9-13H2,1-3H3,(H,21,23). The molecule has 5 nitrogen and oxygen atoms in total. The molecule has 1 fully saturated rings. The van der Waals surface area contributed by atoms with Crippen molar-refractivity contribution < 1.29 is 14.3 Å². The van der Waals surface area contributed by atoms with Crippen LogP contribution >= 0.6 is 0 Å². The summed E-state index contributed by atoms with van der Waals surface area (Å²) in [7, 11) is 0. The smallest absolute Gasteiger partial charge is 0.222 e. The fourth-order valence-corrected chi connectivity index (χ4v) is 3.14. The first-order valence-electron chi connectivity index (χ1n) is 9.20. The third-order valence-electron chi connectivity index (χ3n) is 4.64. The van der Waals surface area contributed by atoms with Gasteiger partial charge in [-0.05, 0) is 56.7 Å². The van der Waals surface area contributed by atoms with Crippen molar-refractivity contribution in [1.82, 2.24) is 10.2 Å². The number of likely N-dealkylation sites (tertiary alicyclic amines) is 1. The Morgan fingerprint density at radius 2 is 1.92 bits per heavy atom. The van der Waals surface area contributed by atoms with Gasteiger partial charge in [0.25, 0.3) is 0 Å². The fourth-order valence-electron chi connectivity index (χ4n) is 3.14. The quantitative estimate of drug-likeness (QED) is 0.772. The maximum Gasteiger partial charge on any atom is 0.222 e. The molecule has 0 spiro atoms. The molecule has 1 aromatic rings. The molecular weight excluding hydrogens is 316 g/mol. The number of rotatable bonds is 7. The first-order valence-corrected chi connectivity index (χ1v) is 9.20. The Bertz CT molecular complexity index is 593. The van der Waals surface area contributed by atoms with Gasteiger partial charge in [0.1, 0.15) is 5.75 Å². The van der Waals surface area contributed by atoms with E-state index in [1.54, 1.807) is 0 Å². The van der Waals surface area contributed by atoms with Gasteiger partial charge in [0.15, 0.2) is 0 Å². The number of piperidine rings is 1. The summed E-state index contributed by atoms with van der Waals surface area (Å²) in [5, 5.41) is 2.93. The van der Waals surface area contributed by atoms with Crippen LogP contribution in [0.5, 0.6) is 5.75 Å². The number of ether oxygens (including phenoxy) is 1. The summed E-state index contributed by atoms with van der Waals surface area (Å²) >= 11 is 0.